The summed E-state index contributed by atoms with van der Waals surface area (Å²) < 4.78 is 0. The number of piperidine rings is 2. The van der Waals surface area contributed by atoms with Crippen LogP contribution >= 0.6 is 0 Å². The molecule has 3 N–H and O–H groups in total. The van der Waals surface area contributed by atoms with E-state index in [2.05, 4.69) is 40.5 Å². The van der Waals surface area contributed by atoms with Gasteiger partial charge < -0.3 is 11.1 Å². The third-order valence-electron chi connectivity index (χ3n) is 5.33. The van der Waals surface area contributed by atoms with E-state index in [0.29, 0.717) is 5.92 Å². The number of primary amides is 1. The third-order valence-corrected chi connectivity index (χ3v) is 5.33. The number of nitrogens with one attached hydrogen (secondary N) is 1. The Labute approximate surface area is 133 Å². The van der Waals surface area contributed by atoms with Crippen molar-refractivity contribution in [2.75, 3.05) is 19.6 Å². The lowest BCUT2D eigenvalue weighted by molar-refractivity contribution is -0.129. The Balaban J connectivity index is 1.70. The molecule has 2 aliphatic heterocycles. The lowest BCUT2D eigenvalue weighted by Crippen LogP contribution is -2.64. The summed E-state index contributed by atoms with van der Waals surface area (Å²) in [5, 5.41) is 3.48. The number of hydrogen-bond acceptors (Lipinski definition) is 3. The molecule has 2 saturated heterocycles. The summed E-state index contributed by atoms with van der Waals surface area (Å²) in [6.45, 7) is 3.95. The number of nitrogens with two attached hydrogens (primary N) is 1. The van der Waals surface area contributed by atoms with Crippen LogP contribution in [0, 0.1) is 5.92 Å². The molecular formula is C18H27N3O. The van der Waals surface area contributed by atoms with E-state index in [0.717, 1.165) is 58.3 Å². The van der Waals surface area contributed by atoms with Crippen LogP contribution < -0.4 is 11.1 Å². The molecule has 2 heterocycles. The Bertz CT molecular complexity index is 496. The van der Waals surface area contributed by atoms with E-state index in [1.54, 1.807) is 0 Å². The molecule has 0 radical (unpaired) electrons. The number of carbonyl (C=O) groups excluding carboxylic acids is 1. The normalized spacial score (nSPS) is 30.1. The molecule has 0 spiro atoms. The maximum Gasteiger partial charge on any atom is 0.238 e. The molecular weight excluding hydrogens is 274 g/mol. The van der Waals surface area contributed by atoms with Crippen LogP contribution in [0.25, 0.3) is 0 Å². The predicted molar refractivity (Wildman–Crippen MR) is 88.2 cm³/mol. The van der Waals surface area contributed by atoms with Gasteiger partial charge in [0.2, 0.25) is 5.91 Å². The first-order valence-electron chi connectivity index (χ1n) is 8.52. The van der Waals surface area contributed by atoms with Gasteiger partial charge in [-0.15, -0.1) is 0 Å². The summed E-state index contributed by atoms with van der Waals surface area (Å²) in [7, 11) is 0. The maximum absolute atomic E-state index is 12.2. The standard InChI is InChI=1S/C18H27N3O/c19-17(22)18(10-4-5-11-20-18)16-9-6-12-21(14-16)13-15-7-2-1-3-8-15/h1-3,7-8,16,20H,4-6,9-14H2,(H2,19,22). The number of amides is 1. The Morgan fingerprint density at radius 1 is 1.27 bits per heavy atom. The van der Waals surface area contributed by atoms with Crippen LogP contribution in [-0.4, -0.2) is 36.0 Å². The van der Waals surface area contributed by atoms with Gasteiger partial charge in [-0.25, -0.2) is 0 Å². The van der Waals surface area contributed by atoms with Gasteiger partial charge in [0.15, 0.2) is 0 Å². The molecule has 0 aromatic heterocycles. The van der Waals surface area contributed by atoms with Gasteiger partial charge in [0.25, 0.3) is 0 Å². The van der Waals surface area contributed by atoms with Gasteiger partial charge in [-0.1, -0.05) is 30.3 Å². The Morgan fingerprint density at radius 2 is 2.09 bits per heavy atom. The monoisotopic (exact) mass is 301 g/mol. The summed E-state index contributed by atoms with van der Waals surface area (Å²) in [5.41, 5.74) is 6.67. The molecule has 4 heteroatoms. The molecule has 2 unspecified atom stereocenters. The quantitative estimate of drug-likeness (QED) is 0.893. The second-order valence-electron chi connectivity index (χ2n) is 6.78. The largest absolute Gasteiger partial charge is 0.368 e. The fraction of sp³-hybridized carbons (Fsp3) is 0.611. The molecule has 0 bridgehead atoms. The SMILES string of the molecule is NC(=O)C1(C2CCCN(Cc3ccccc3)C2)CCCCN1. The van der Waals surface area contributed by atoms with E-state index in [1.807, 2.05) is 0 Å². The van der Waals surface area contributed by atoms with E-state index in [9.17, 15) is 4.79 Å². The number of rotatable bonds is 4. The van der Waals surface area contributed by atoms with Crippen LogP contribution in [-0.2, 0) is 11.3 Å². The van der Waals surface area contributed by atoms with Crippen LogP contribution in [0.3, 0.4) is 0 Å². The van der Waals surface area contributed by atoms with Crippen molar-refractivity contribution in [2.24, 2.45) is 11.7 Å². The van der Waals surface area contributed by atoms with Crippen LogP contribution in [0.15, 0.2) is 30.3 Å². The molecule has 1 aromatic rings. The third kappa shape index (κ3) is 3.18. The molecule has 2 fully saturated rings. The zero-order chi connectivity index (χ0) is 15.4. The first-order chi connectivity index (χ1) is 10.7. The van der Waals surface area contributed by atoms with E-state index < -0.39 is 5.54 Å². The average Bonchev–Trinajstić information content (AvgIpc) is 2.56. The van der Waals surface area contributed by atoms with Crippen molar-refractivity contribution in [3.8, 4) is 0 Å². The summed E-state index contributed by atoms with van der Waals surface area (Å²) in [5.74, 6) is 0.182. The molecule has 22 heavy (non-hydrogen) atoms. The highest BCUT2D eigenvalue weighted by atomic mass is 16.1. The van der Waals surface area contributed by atoms with Crippen molar-refractivity contribution < 1.29 is 4.79 Å². The predicted octanol–water partition coefficient (Wildman–Crippen LogP) is 1.90. The second-order valence-corrected chi connectivity index (χ2v) is 6.78. The molecule has 120 valence electrons. The highest BCUT2D eigenvalue weighted by Gasteiger charge is 2.45. The minimum absolute atomic E-state index is 0.154. The minimum atomic E-state index is -0.479. The van der Waals surface area contributed by atoms with Crippen molar-refractivity contribution in [1.29, 1.82) is 0 Å². The lowest BCUT2D eigenvalue weighted by atomic mass is 9.73. The number of benzene rings is 1. The highest BCUT2D eigenvalue weighted by Crippen LogP contribution is 2.34. The Morgan fingerprint density at radius 3 is 2.77 bits per heavy atom. The van der Waals surface area contributed by atoms with E-state index in [1.165, 1.54) is 5.56 Å². The first kappa shape index (κ1) is 15.5. The summed E-state index contributed by atoms with van der Waals surface area (Å²) in [4.78, 5) is 14.7. The van der Waals surface area contributed by atoms with Gasteiger partial charge in [0.1, 0.15) is 5.54 Å². The first-order valence-corrected chi connectivity index (χ1v) is 8.52. The van der Waals surface area contributed by atoms with Gasteiger partial charge in [-0.3, -0.25) is 9.69 Å². The molecule has 0 saturated carbocycles. The van der Waals surface area contributed by atoms with Crippen molar-refractivity contribution in [3.05, 3.63) is 35.9 Å². The highest BCUT2D eigenvalue weighted by molar-refractivity contribution is 5.85. The van der Waals surface area contributed by atoms with Crippen LogP contribution in [0.2, 0.25) is 0 Å². The van der Waals surface area contributed by atoms with E-state index in [-0.39, 0.29) is 5.91 Å². The topological polar surface area (TPSA) is 58.4 Å². The van der Waals surface area contributed by atoms with E-state index >= 15 is 0 Å². The fourth-order valence-corrected chi connectivity index (χ4v) is 4.13. The molecule has 3 rings (SSSR count). The Kier molecular flexibility index (Phi) is 4.79. The molecule has 1 amide bonds. The van der Waals surface area contributed by atoms with Crippen molar-refractivity contribution in [3.63, 3.8) is 0 Å². The minimum Gasteiger partial charge on any atom is -0.368 e. The number of likely N-dealkylation sites (tertiary alicyclic amines) is 1. The van der Waals surface area contributed by atoms with Crippen LogP contribution in [0.1, 0.15) is 37.7 Å². The van der Waals surface area contributed by atoms with Gasteiger partial charge in [-0.2, -0.15) is 0 Å². The number of carbonyl (C=O) groups is 1. The molecule has 2 aliphatic rings. The van der Waals surface area contributed by atoms with Crippen LogP contribution in [0.5, 0.6) is 0 Å². The smallest absolute Gasteiger partial charge is 0.238 e. The van der Waals surface area contributed by atoms with Gasteiger partial charge in [0, 0.05) is 13.1 Å². The van der Waals surface area contributed by atoms with Crippen molar-refractivity contribution in [2.45, 2.75) is 44.2 Å². The average molecular weight is 301 g/mol. The fourth-order valence-electron chi connectivity index (χ4n) is 4.13. The van der Waals surface area contributed by atoms with E-state index in [4.69, 9.17) is 5.73 Å². The van der Waals surface area contributed by atoms with Crippen LogP contribution in [0.4, 0.5) is 0 Å². The van der Waals surface area contributed by atoms with Crippen molar-refractivity contribution >= 4 is 5.91 Å². The second kappa shape index (κ2) is 6.80. The van der Waals surface area contributed by atoms with Gasteiger partial charge in [0.05, 0.1) is 0 Å². The lowest BCUT2D eigenvalue weighted by Gasteiger charge is -2.46. The molecule has 4 nitrogen and oxygen atoms in total. The van der Waals surface area contributed by atoms with Gasteiger partial charge in [-0.05, 0) is 56.7 Å². The van der Waals surface area contributed by atoms with Crippen molar-refractivity contribution in [1.82, 2.24) is 10.2 Å². The Hall–Kier alpha value is -1.39. The van der Waals surface area contributed by atoms with Gasteiger partial charge >= 0.3 is 0 Å². The summed E-state index contributed by atoms with van der Waals surface area (Å²) >= 11 is 0. The summed E-state index contributed by atoms with van der Waals surface area (Å²) in [6, 6.07) is 10.6. The molecule has 2 atom stereocenters. The zero-order valence-electron chi connectivity index (χ0n) is 13.3. The molecule has 0 aliphatic carbocycles. The zero-order valence-corrected chi connectivity index (χ0v) is 13.3. The summed E-state index contributed by atoms with van der Waals surface area (Å²) in [6.07, 6.45) is 5.39. The number of nitrogens with zero attached hydrogens (tertiary/aromatic N) is 1. The number of hydrogen-bond donors (Lipinski definition) is 2. The molecule has 1 aromatic carbocycles. The maximum atomic E-state index is 12.2.